The van der Waals surface area contributed by atoms with Crippen molar-refractivity contribution in [1.29, 1.82) is 0 Å². The smallest absolute Gasteiger partial charge is 0.326 e. The highest BCUT2D eigenvalue weighted by Crippen LogP contribution is 2.26. The third kappa shape index (κ3) is 16.9. The number of likely N-dealkylation sites (tertiary alicyclic amines) is 1. The lowest BCUT2D eigenvalue weighted by Gasteiger charge is -2.23. The van der Waals surface area contributed by atoms with E-state index in [1.807, 2.05) is 27.7 Å². The number of nitrogens with one attached hydrogen (secondary N) is 2. The van der Waals surface area contributed by atoms with E-state index in [2.05, 4.69) is 16.6 Å². The highest BCUT2D eigenvalue weighted by molar-refractivity contribution is 5.93. The maximum Gasteiger partial charge on any atom is 0.326 e. The molecular weight excluding hydrogens is 602 g/mol. The van der Waals surface area contributed by atoms with Crippen LogP contribution in [0.5, 0.6) is 0 Å². The quantitative estimate of drug-likeness (QED) is 0.0816. The Morgan fingerprint density at radius 1 is 0.696 bits per heavy atom. The fourth-order valence-electron chi connectivity index (χ4n) is 4.72. The van der Waals surface area contributed by atoms with Crippen LogP contribution < -0.4 is 10.6 Å². The molecule has 0 saturated carbocycles. The highest BCUT2D eigenvalue weighted by Gasteiger charge is 2.44. The van der Waals surface area contributed by atoms with Gasteiger partial charge in [0, 0.05) is 13.1 Å². The van der Waals surface area contributed by atoms with Gasteiger partial charge in [0.05, 0.1) is 64.5 Å². The Hall–Kier alpha value is -3.25. The normalized spacial score (nSPS) is 17.5. The maximum atomic E-state index is 13.3. The van der Waals surface area contributed by atoms with Crippen molar-refractivity contribution in [3.63, 3.8) is 0 Å². The molecule has 0 aromatic rings. The molecule has 1 rings (SSSR count). The van der Waals surface area contributed by atoms with E-state index in [1.165, 1.54) is 4.90 Å². The molecule has 14 heteroatoms. The van der Waals surface area contributed by atoms with Crippen LogP contribution in [-0.4, -0.2) is 123 Å². The van der Waals surface area contributed by atoms with E-state index in [1.54, 1.807) is 0 Å². The molecule has 1 aliphatic rings. The zero-order valence-corrected chi connectivity index (χ0v) is 27.7. The monoisotopic (exact) mass is 655 g/mol. The molecule has 0 radical (unpaired) electrons. The fraction of sp³-hybridized carbons (Fsp3) is 0.781. The van der Waals surface area contributed by atoms with Crippen molar-refractivity contribution in [2.45, 2.75) is 71.9 Å². The molecule has 3 amide bonds. The van der Waals surface area contributed by atoms with Gasteiger partial charge in [0.1, 0.15) is 18.7 Å². The molecule has 46 heavy (non-hydrogen) atoms. The average molecular weight is 656 g/mol. The zero-order chi connectivity index (χ0) is 34.5. The standard InChI is InChI=1S/C32H53N3O11/c1-6-12-43-14-16-45-18-19-46-17-15-44-13-11-28(36)35-20-24(29(37)33-26(31(39)40)9-7-22(2)3)25(21-35)30(38)34-27(32(41)42)10-8-23(4)5/h1,22-27H,7-21H2,2-5H3,(H,33,37)(H,34,38)(H,39,40)(H,41,42)/t24-,25-,26+,27+/m1/s1. The summed E-state index contributed by atoms with van der Waals surface area (Å²) in [6, 6.07) is -2.31. The van der Waals surface area contributed by atoms with Gasteiger partial charge in [-0.2, -0.15) is 0 Å². The number of carbonyl (C=O) groups is 5. The van der Waals surface area contributed by atoms with Gasteiger partial charge in [0.15, 0.2) is 0 Å². The van der Waals surface area contributed by atoms with E-state index < -0.39 is 47.7 Å². The van der Waals surface area contributed by atoms with Gasteiger partial charge in [-0.1, -0.05) is 33.6 Å². The van der Waals surface area contributed by atoms with Crippen molar-refractivity contribution in [1.82, 2.24) is 15.5 Å². The molecule has 1 saturated heterocycles. The largest absolute Gasteiger partial charge is 0.480 e. The Balaban J connectivity index is 2.72. The number of rotatable bonds is 25. The first kappa shape index (κ1) is 40.8. The van der Waals surface area contributed by atoms with Crippen LogP contribution in [0, 0.1) is 36.0 Å². The predicted molar refractivity (Wildman–Crippen MR) is 168 cm³/mol. The SMILES string of the molecule is C#CCOCCOCCOCCOCCC(=O)N1C[C@@H](C(=O)N[C@@H](CCC(C)C)C(=O)O)[C@H](C(=O)N[C@@H](CCC(C)C)C(=O)O)C1. The molecule has 0 aromatic heterocycles. The summed E-state index contributed by atoms with van der Waals surface area (Å²) >= 11 is 0. The van der Waals surface area contributed by atoms with Gasteiger partial charge < -0.3 is 44.7 Å². The number of carboxylic acids is 2. The third-order valence-electron chi connectivity index (χ3n) is 7.40. The van der Waals surface area contributed by atoms with Crippen molar-refractivity contribution in [3.05, 3.63) is 0 Å². The Kier molecular flexibility index (Phi) is 20.5. The molecule has 4 N–H and O–H groups in total. The van der Waals surface area contributed by atoms with E-state index in [9.17, 15) is 34.2 Å². The van der Waals surface area contributed by atoms with E-state index in [4.69, 9.17) is 25.4 Å². The number of hydrogen-bond acceptors (Lipinski definition) is 9. The van der Waals surface area contributed by atoms with Crippen molar-refractivity contribution >= 4 is 29.7 Å². The van der Waals surface area contributed by atoms with E-state index >= 15 is 0 Å². The lowest BCUT2D eigenvalue weighted by Crippen LogP contribution is -2.50. The summed E-state index contributed by atoms with van der Waals surface area (Å²) in [4.78, 5) is 64.7. The minimum atomic E-state index is -1.19. The molecule has 0 bridgehead atoms. The molecule has 0 aliphatic carbocycles. The number of hydrogen-bond donors (Lipinski definition) is 4. The Bertz CT molecular complexity index is 946. The van der Waals surface area contributed by atoms with Crippen molar-refractivity contribution in [2.75, 3.05) is 65.9 Å². The van der Waals surface area contributed by atoms with Gasteiger partial charge in [-0.25, -0.2) is 9.59 Å². The van der Waals surface area contributed by atoms with Crippen LogP contribution in [0.25, 0.3) is 0 Å². The molecule has 262 valence electrons. The summed E-state index contributed by atoms with van der Waals surface area (Å²) < 4.78 is 21.3. The Morgan fingerprint density at radius 2 is 1.09 bits per heavy atom. The number of carbonyl (C=O) groups excluding carboxylic acids is 3. The molecule has 1 aliphatic heterocycles. The van der Waals surface area contributed by atoms with Gasteiger partial charge in [0.25, 0.3) is 0 Å². The molecule has 14 nitrogen and oxygen atoms in total. The van der Waals surface area contributed by atoms with Gasteiger partial charge in [-0.3, -0.25) is 14.4 Å². The van der Waals surface area contributed by atoms with E-state index in [0.29, 0.717) is 45.9 Å². The van der Waals surface area contributed by atoms with Crippen molar-refractivity contribution in [2.24, 2.45) is 23.7 Å². The minimum absolute atomic E-state index is 0.0122. The van der Waals surface area contributed by atoms with Crippen molar-refractivity contribution in [3.8, 4) is 12.3 Å². The summed E-state index contributed by atoms with van der Waals surface area (Å²) in [5.74, 6) is -3.38. The molecular formula is C32H53N3O11. The first-order valence-corrected chi connectivity index (χ1v) is 16.0. The minimum Gasteiger partial charge on any atom is -0.480 e. The number of amides is 3. The third-order valence-corrected chi connectivity index (χ3v) is 7.40. The Labute approximate surface area is 272 Å². The van der Waals surface area contributed by atoms with Crippen LogP contribution in [-0.2, 0) is 42.9 Å². The maximum absolute atomic E-state index is 13.3. The summed E-state index contributed by atoms with van der Waals surface area (Å²) in [6.45, 7) is 9.94. The number of nitrogens with zero attached hydrogens (tertiary/aromatic N) is 1. The van der Waals surface area contributed by atoms with Crippen LogP contribution in [0.15, 0.2) is 0 Å². The van der Waals surface area contributed by atoms with Crippen LogP contribution >= 0.6 is 0 Å². The number of carboxylic acid groups (broad SMARTS) is 2. The molecule has 0 unspecified atom stereocenters. The lowest BCUT2D eigenvalue weighted by molar-refractivity contribution is -0.144. The Morgan fingerprint density at radius 3 is 1.46 bits per heavy atom. The fourth-order valence-corrected chi connectivity index (χ4v) is 4.72. The van der Waals surface area contributed by atoms with Gasteiger partial charge >= 0.3 is 11.9 Å². The average Bonchev–Trinajstić information content (AvgIpc) is 3.45. The summed E-state index contributed by atoms with van der Waals surface area (Å²) in [6.07, 6.45) is 6.61. The summed E-state index contributed by atoms with van der Waals surface area (Å²) in [5, 5.41) is 24.4. The summed E-state index contributed by atoms with van der Waals surface area (Å²) in [7, 11) is 0. The molecule has 1 fully saturated rings. The molecule has 0 aromatic carbocycles. The van der Waals surface area contributed by atoms with E-state index in [0.717, 1.165) is 0 Å². The second-order valence-electron chi connectivity index (χ2n) is 12.1. The lowest BCUT2D eigenvalue weighted by atomic mass is 9.92. The van der Waals surface area contributed by atoms with Crippen LogP contribution in [0.2, 0.25) is 0 Å². The second kappa shape index (κ2) is 23.1. The first-order chi connectivity index (χ1) is 21.9. The van der Waals surface area contributed by atoms with Crippen LogP contribution in [0.1, 0.15) is 59.8 Å². The van der Waals surface area contributed by atoms with Gasteiger partial charge in [-0.05, 0) is 37.5 Å². The van der Waals surface area contributed by atoms with E-state index in [-0.39, 0.29) is 69.9 Å². The molecule has 0 spiro atoms. The van der Waals surface area contributed by atoms with Gasteiger partial charge in [0.2, 0.25) is 17.7 Å². The van der Waals surface area contributed by atoms with Crippen LogP contribution in [0.3, 0.4) is 0 Å². The molecule has 4 atom stereocenters. The number of aliphatic carboxylic acids is 2. The first-order valence-electron chi connectivity index (χ1n) is 16.0. The second-order valence-corrected chi connectivity index (χ2v) is 12.1. The number of ether oxygens (including phenoxy) is 4. The van der Waals surface area contributed by atoms with Crippen LogP contribution in [0.4, 0.5) is 0 Å². The molecule has 1 heterocycles. The summed E-state index contributed by atoms with van der Waals surface area (Å²) in [5.41, 5.74) is 0. The predicted octanol–water partition coefficient (Wildman–Crippen LogP) is 1.16. The highest BCUT2D eigenvalue weighted by atomic mass is 16.6. The number of terminal acetylenes is 1. The zero-order valence-electron chi connectivity index (χ0n) is 27.7. The van der Waals surface area contributed by atoms with Crippen molar-refractivity contribution < 1.29 is 53.1 Å². The van der Waals surface area contributed by atoms with Gasteiger partial charge in [-0.15, -0.1) is 6.42 Å². The topological polar surface area (TPSA) is 190 Å².